The Hall–Kier alpha value is -1.63. The molecule has 0 radical (unpaired) electrons. The van der Waals surface area contributed by atoms with Crippen molar-refractivity contribution in [2.75, 3.05) is 0 Å². The maximum absolute atomic E-state index is 4.02. The molecule has 15 heavy (non-hydrogen) atoms. The summed E-state index contributed by atoms with van der Waals surface area (Å²) in [4.78, 5) is 4.02. The van der Waals surface area contributed by atoms with Crippen LogP contribution in [0.3, 0.4) is 0 Å². The maximum Gasteiger partial charge on any atom is 0.0273 e. The Labute approximate surface area is 90.9 Å². The molecule has 0 bridgehead atoms. The van der Waals surface area contributed by atoms with Gasteiger partial charge in [0.1, 0.15) is 0 Å². The number of rotatable bonds is 1. The minimum atomic E-state index is 0.144. The van der Waals surface area contributed by atoms with Gasteiger partial charge in [0, 0.05) is 17.8 Å². The average Bonchev–Trinajstić information content (AvgIpc) is 2.41. The third-order valence-electron chi connectivity index (χ3n) is 2.51. The molecule has 0 N–H and O–H groups in total. The van der Waals surface area contributed by atoms with Crippen LogP contribution in [0.15, 0.2) is 54.9 Å². The first-order chi connectivity index (χ1) is 7.17. The van der Waals surface area contributed by atoms with Crippen LogP contribution in [-0.2, 0) is 0 Å². The molecule has 0 aliphatic heterocycles. The summed E-state index contributed by atoms with van der Waals surface area (Å²) in [6.45, 7) is 4.40. The fourth-order valence-corrected chi connectivity index (χ4v) is 1.55. The molecule has 2 rings (SSSR count). The molecule has 0 amide bonds. The lowest BCUT2D eigenvalue weighted by Crippen LogP contribution is -2.00. The van der Waals surface area contributed by atoms with Crippen molar-refractivity contribution in [3.05, 3.63) is 60.5 Å². The summed E-state index contributed by atoms with van der Waals surface area (Å²) in [6.07, 6.45) is 14.5. The summed E-state index contributed by atoms with van der Waals surface area (Å²) in [5.74, 6) is 0. The van der Waals surface area contributed by atoms with Gasteiger partial charge in [0.05, 0.1) is 0 Å². The fourth-order valence-electron chi connectivity index (χ4n) is 1.55. The summed E-state index contributed by atoms with van der Waals surface area (Å²) >= 11 is 0. The van der Waals surface area contributed by atoms with Gasteiger partial charge >= 0.3 is 0 Å². The molecule has 1 aliphatic rings. The molecule has 1 aromatic rings. The maximum atomic E-state index is 4.02. The summed E-state index contributed by atoms with van der Waals surface area (Å²) in [6, 6.07) is 4.06. The zero-order chi connectivity index (χ0) is 10.7. The normalized spacial score (nSPS) is 18.4. The van der Waals surface area contributed by atoms with E-state index in [4.69, 9.17) is 0 Å². The van der Waals surface area contributed by atoms with E-state index in [2.05, 4.69) is 49.2 Å². The quantitative estimate of drug-likeness (QED) is 0.670. The Balaban J connectivity index is 2.34. The van der Waals surface area contributed by atoms with Crippen molar-refractivity contribution in [3.63, 3.8) is 0 Å². The summed E-state index contributed by atoms with van der Waals surface area (Å²) in [5, 5.41) is 0. The number of hydrogen-bond donors (Lipinski definition) is 0. The number of nitrogens with zero attached hydrogens (tertiary/aromatic N) is 1. The minimum absolute atomic E-state index is 0.144. The van der Waals surface area contributed by atoms with E-state index in [1.165, 1.54) is 11.1 Å². The number of pyridine rings is 1. The Morgan fingerprint density at radius 1 is 1.07 bits per heavy atom. The van der Waals surface area contributed by atoms with Gasteiger partial charge in [-0.3, -0.25) is 4.98 Å². The predicted molar refractivity (Wildman–Crippen MR) is 64.3 cm³/mol. The highest BCUT2D eigenvalue weighted by Gasteiger charge is 2.10. The molecule has 1 nitrogen and oxygen atoms in total. The van der Waals surface area contributed by atoms with Crippen LogP contribution in [0.2, 0.25) is 0 Å². The Morgan fingerprint density at radius 2 is 1.80 bits per heavy atom. The molecule has 0 saturated carbocycles. The van der Waals surface area contributed by atoms with Gasteiger partial charge in [-0.15, -0.1) is 0 Å². The van der Waals surface area contributed by atoms with Crippen molar-refractivity contribution in [1.29, 1.82) is 0 Å². The van der Waals surface area contributed by atoms with Crippen molar-refractivity contribution in [1.82, 2.24) is 4.98 Å². The van der Waals surface area contributed by atoms with Crippen LogP contribution in [0.4, 0.5) is 0 Å². The first-order valence-electron chi connectivity index (χ1n) is 5.17. The van der Waals surface area contributed by atoms with Gasteiger partial charge in [-0.25, -0.2) is 0 Å². The molecular formula is C14H15N. The second-order valence-corrected chi connectivity index (χ2v) is 4.37. The molecular weight excluding hydrogens is 182 g/mol. The van der Waals surface area contributed by atoms with E-state index in [1.807, 2.05) is 24.5 Å². The lowest BCUT2D eigenvalue weighted by atomic mass is 9.93. The first kappa shape index (κ1) is 9.91. The fraction of sp³-hybridized carbons (Fsp3) is 0.214. The van der Waals surface area contributed by atoms with Crippen molar-refractivity contribution < 1.29 is 0 Å². The van der Waals surface area contributed by atoms with E-state index in [0.29, 0.717) is 0 Å². The zero-order valence-corrected chi connectivity index (χ0v) is 9.14. The van der Waals surface area contributed by atoms with Gasteiger partial charge in [-0.1, -0.05) is 44.2 Å². The lowest BCUT2D eigenvalue weighted by molar-refractivity contribution is 0.627. The van der Waals surface area contributed by atoms with Crippen molar-refractivity contribution in [2.45, 2.75) is 13.8 Å². The van der Waals surface area contributed by atoms with Gasteiger partial charge in [-0.05, 0) is 23.3 Å². The largest absolute Gasteiger partial charge is 0.265 e. The van der Waals surface area contributed by atoms with E-state index in [1.54, 1.807) is 0 Å². The molecule has 1 aliphatic carbocycles. The van der Waals surface area contributed by atoms with E-state index in [0.717, 1.165) is 0 Å². The minimum Gasteiger partial charge on any atom is -0.265 e. The van der Waals surface area contributed by atoms with E-state index < -0.39 is 0 Å². The van der Waals surface area contributed by atoms with Gasteiger partial charge in [-0.2, -0.15) is 0 Å². The molecule has 76 valence electrons. The average molecular weight is 197 g/mol. The van der Waals surface area contributed by atoms with E-state index in [-0.39, 0.29) is 5.41 Å². The second-order valence-electron chi connectivity index (χ2n) is 4.37. The second kappa shape index (κ2) is 3.85. The SMILES string of the molecule is CC1(C)C=CC=C(c2ccncc2)C=C1. The van der Waals surface area contributed by atoms with Gasteiger partial charge in [0.25, 0.3) is 0 Å². The summed E-state index contributed by atoms with van der Waals surface area (Å²) < 4.78 is 0. The Morgan fingerprint density at radius 3 is 2.53 bits per heavy atom. The van der Waals surface area contributed by atoms with Gasteiger partial charge in [0.2, 0.25) is 0 Å². The summed E-state index contributed by atoms with van der Waals surface area (Å²) in [5.41, 5.74) is 2.59. The Bertz CT molecular complexity index is 422. The zero-order valence-electron chi connectivity index (χ0n) is 9.14. The molecule has 1 heterocycles. The molecule has 0 atom stereocenters. The number of hydrogen-bond acceptors (Lipinski definition) is 1. The predicted octanol–water partition coefficient (Wildman–Crippen LogP) is 3.62. The first-order valence-corrected chi connectivity index (χ1v) is 5.17. The van der Waals surface area contributed by atoms with Crippen LogP contribution in [0, 0.1) is 5.41 Å². The molecule has 0 unspecified atom stereocenters. The topological polar surface area (TPSA) is 12.9 Å². The third kappa shape index (κ3) is 2.44. The van der Waals surface area contributed by atoms with Gasteiger partial charge < -0.3 is 0 Å². The van der Waals surface area contributed by atoms with Crippen molar-refractivity contribution in [2.24, 2.45) is 5.41 Å². The van der Waals surface area contributed by atoms with Crippen LogP contribution in [-0.4, -0.2) is 4.98 Å². The van der Waals surface area contributed by atoms with Gasteiger partial charge in [0.15, 0.2) is 0 Å². The monoisotopic (exact) mass is 197 g/mol. The Kier molecular flexibility index (Phi) is 2.55. The van der Waals surface area contributed by atoms with Crippen LogP contribution in [0.5, 0.6) is 0 Å². The van der Waals surface area contributed by atoms with Crippen LogP contribution < -0.4 is 0 Å². The highest BCUT2D eigenvalue weighted by molar-refractivity contribution is 5.75. The van der Waals surface area contributed by atoms with E-state index >= 15 is 0 Å². The highest BCUT2D eigenvalue weighted by Crippen LogP contribution is 2.26. The molecule has 0 aromatic carbocycles. The third-order valence-corrected chi connectivity index (χ3v) is 2.51. The number of aromatic nitrogens is 1. The number of allylic oxidation sites excluding steroid dienone is 6. The summed E-state index contributed by atoms with van der Waals surface area (Å²) in [7, 11) is 0. The molecule has 0 fully saturated rings. The van der Waals surface area contributed by atoms with Crippen LogP contribution >= 0.6 is 0 Å². The molecule has 1 heteroatoms. The lowest BCUT2D eigenvalue weighted by Gasteiger charge is -2.12. The van der Waals surface area contributed by atoms with Crippen molar-refractivity contribution >= 4 is 5.57 Å². The van der Waals surface area contributed by atoms with Crippen molar-refractivity contribution in [3.8, 4) is 0 Å². The highest BCUT2D eigenvalue weighted by atomic mass is 14.6. The molecule has 0 spiro atoms. The molecule has 0 saturated heterocycles. The van der Waals surface area contributed by atoms with E-state index in [9.17, 15) is 0 Å². The smallest absolute Gasteiger partial charge is 0.0273 e. The molecule has 1 aromatic heterocycles. The van der Waals surface area contributed by atoms with Crippen LogP contribution in [0.1, 0.15) is 19.4 Å². The van der Waals surface area contributed by atoms with Crippen LogP contribution in [0.25, 0.3) is 5.57 Å². The standard InChI is InChI=1S/C14H15N/c1-14(2)8-3-4-12(5-9-14)13-6-10-15-11-7-13/h3-11H,1-2H3.